The van der Waals surface area contributed by atoms with Gasteiger partial charge in [0, 0.05) is 0 Å². The lowest BCUT2D eigenvalue weighted by Crippen LogP contribution is -2.40. The Morgan fingerprint density at radius 3 is 2.64 bits per heavy atom. The Morgan fingerprint density at radius 2 is 2.14 bits per heavy atom. The van der Waals surface area contributed by atoms with Crippen LogP contribution in [0.25, 0.3) is 0 Å². The summed E-state index contributed by atoms with van der Waals surface area (Å²) in [6.07, 6.45) is 2.12. The molecule has 2 atom stereocenters. The lowest BCUT2D eigenvalue weighted by Gasteiger charge is -2.24. The molecule has 0 aromatic heterocycles. The van der Waals surface area contributed by atoms with Crippen LogP contribution in [0.3, 0.4) is 0 Å². The topological polar surface area (TPSA) is 38.3 Å². The molecule has 0 unspecified atom stereocenters. The molecule has 1 N–H and O–H groups in total. The molecule has 1 aliphatic rings. The summed E-state index contributed by atoms with van der Waals surface area (Å²) in [5.41, 5.74) is -0.375. The summed E-state index contributed by atoms with van der Waals surface area (Å²) in [7, 11) is 0. The molecule has 1 heterocycles. The van der Waals surface area contributed by atoms with Crippen molar-refractivity contribution in [1.29, 1.82) is 0 Å². The van der Waals surface area contributed by atoms with Crippen LogP contribution in [0, 0.1) is 5.92 Å². The smallest absolute Gasteiger partial charge is 0.323 e. The SMILES string of the molecule is CC[C@@H]1CCN[C@@H]1C(=O)OC(C)(C)C. The van der Waals surface area contributed by atoms with E-state index in [1.165, 1.54) is 0 Å². The van der Waals surface area contributed by atoms with Gasteiger partial charge < -0.3 is 10.1 Å². The van der Waals surface area contributed by atoms with Crippen molar-refractivity contribution in [3.05, 3.63) is 0 Å². The van der Waals surface area contributed by atoms with Crippen molar-refractivity contribution in [2.75, 3.05) is 6.54 Å². The van der Waals surface area contributed by atoms with E-state index in [-0.39, 0.29) is 17.6 Å². The molecule has 3 nitrogen and oxygen atoms in total. The first kappa shape index (κ1) is 11.5. The Labute approximate surface area is 86.2 Å². The maximum Gasteiger partial charge on any atom is 0.323 e. The molecule has 0 amide bonds. The van der Waals surface area contributed by atoms with Crippen molar-refractivity contribution < 1.29 is 9.53 Å². The molecule has 0 saturated carbocycles. The van der Waals surface area contributed by atoms with Gasteiger partial charge in [-0.25, -0.2) is 0 Å². The van der Waals surface area contributed by atoms with Gasteiger partial charge in [-0.15, -0.1) is 0 Å². The minimum Gasteiger partial charge on any atom is -0.459 e. The Balaban J connectivity index is 2.52. The van der Waals surface area contributed by atoms with E-state index in [0.29, 0.717) is 5.92 Å². The van der Waals surface area contributed by atoms with Gasteiger partial charge in [-0.2, -0.15) is 0 Å². The molecule has 1 fully saturated rings. The molecule has 1 aliphatic heterocycles. The zero-order valence-corrected chi connectivity index (χ0v) is 9.59. The van der Waals surface area contributed by atoms with Crippen LogP contribution in [0.5, 0.6) is 0 Å². The summed E-state index contributed by atoms with van der Waals surface area (Å²) >= 11 is 0. The average molecular weight is 199 g/mol. The van der Waals surface area contributed by atoms with E-state index in [1.54, 1.807) is 0 Å². The van der Waals surface area contributed by atoms with E-state index in [0.717, 1.165) is 19.4 Å². The molecule has 0 bridgehead atoms. The van der Waals surface area contributed by atoms with Crippen molar-refractivity contribution in [3.8, 4) is 0 Å². The van der Waals surface area contributed by atoms with Crippen LogP contribution < -0.4 is 5.32 Å². The number of carbonyl (C=O) groups excluding carboxylic acids is 1. The van der Waals surface area contributed by atoms with Crippen LogP contribution in [0.4, 0.5) is 0 Å². The van der Waals surface area contributed by atoms with Crippen LogP contribution in [0.2, 0.25) is 0 Å². The van der Waals surface area contributed by atoms with Gasteiger partial charge in [0.1, 0.15) is 11.6 Å². The molecule has 1 rings (SSSR count). The molecule has 0 aromatic carbocycles. The second-order valence-electron chi connectivity index (χ2n) is 4.92. The summed E-state index contributed by atoms with van der Waals surface area (Å²) in [6, 6.07) is -0.0841. The van der Waals surface area contributed by atoms with Gasteiger partial charge in [0.25, 0.3) is 0 Å². The first-order valence-electron chi connectivity index (χ1n) is 5.40. The first-order chi connectivity index (χ1) is 6.44. The highest BCUT2D eigenvalue weighted by atomic mass is 16.6. The lowest BCUT2D eigenvalue weighted by molar-refractivity contribution is -0.158. The molecule has 0 radical (unpaired) electrons. The van der Waals surface area contributed by atoms with Gasteiger partial charge in [0.2, 0.25) is 0 Å². The Hall–Kier alpha value is -0.570. The van der Waals surface area contributed by atoms with Gasteiger partial charge in [0.15, 0.2) is 0 Å². The van der Waals surface area contributed by atoms with Crippen molar-refractivity contribution in [2.45, 2.75) is 52.2 Å². The predicted octanol–water partition coefficient (Wildman–Crippen LogP) is 1.72. The highest BCUT2D eigenvalue weighted by Crippen LogP contribution is 2.21. The highest BCUT2D eigenvalue weighted by Gasteiger charge is 2.34. The van der Waals surface area contributed by atoms with Crippen molar-refractivity contribution >= 4 is 5.97 Å². The van der Waals surface area contributed by atoms with Crippen LogP contribution in [-0.4, -0.2) is 24.2 Å². The molecule has 82 valence electrons. The predicted molar refractivity (Wildman–Crippen MR) is 56.0 cm³/mol. The maximum absolute atomic E-state index is 11.7. The fraction of sp³-hybridized carbons (Fsp3) is 0.909. The Morgan fingerprint density at radius 1 is 1.50 bits per heavy atom. The first-order valence-corrected chi connectivity index (χ1v) is 5.40. The van der Waals surface area contributed by atoms with Gasteiger partial charge in [-0.1, -0.05) is 13.3 Å². The van der Waals surface area contributed by atoms with E-state index in [2.05, 4.69) is 12.2 Å². The van der Waals surface area contributed by atoms with E-state index in [4.69, 9.17) is 4.74 Å². The van der Waals surface area contributed by atoms with Gasteiger partial charge in [-0.3, -0.25) is 4.79 Å². The second-order valence-corrected chi connectivity index (χ2v) is 4.92. The minimum absolute atomic E-state index is 0.0841. The number of rotatable bonds is 2. The van der Waals surface area contributed by atoms with Crippen molar-refractivity contribution in [3.63, 3.8) is 0 Å². The largest absolute Gasteiger partial charge is 0.459 e. The standard InChI is InChI=1S/C11H21NO2/c1-5-8-6-7-12-9(8)10(13)14-11(2,3)4/h8-9,12H,5-7H2,1-4H3/t8-,9+/m1/s1. The molecule has 3 heteroatoms. The van der Waals surface area contributed by atoms with Crippen LogP contribution >= 0.6 is 0 Å². The van der Waals surface area contributed by atoms with Crippen molar-refractivity contribution in [1.82, 2.24) is 5.32 Å². The van der Waals surface area contributed by atoms with E-state index >= 15 is 0 Å². The average Bonchev–Trinajstić information content (AvgIpc) is 2.47. The maximum atomic E-state index is 11.7. The van der Waals surface area contributed by atoms with E-state index < -0.39 is 0 Å². The second kappa shape index (κ2) is 4.30. The van der Waals surface area contributed by atoms with Gasteiger partial charge >= 0.3 is 5.97 Å². The molecule has 1 saturated heterocycles. The number of nitrogens with one attached hydrogen (secondary N) is 1. The summed E-state index contributed by atoms with van der Waals surface area (Å²) in [5.74, 6) is 0.353. The summed E-state index contributed by atoms with van der Waals surface area (Å²) < 4.78 is 5.35. The Bertz CT molecular complexity index is 208. The lowest BCUT2D eigenvalue weighted by atomic mass is 9.98. The fourth-order valence-corrected chi connectivity index (χ4v) is 1.84. The summed E-state index contributed by atoms with van der Waals surface area (Å²) in [5, 5.41) is 3.21. The summed E-state index contributed by atoms with van der Waals surface area (Å²) in [6.45, 7) is 8.76. The van der Waals surface area contributed by atoms with Crippen molar-refractivity contribution in [2.24, 2.45) is 5.92 Å². The monoisotopic (exact) mass is 199 g/mol. The molecule has 0 aromatic rings. The molecule has 0 aliphatic carbocycles. The Kier molecular flexibility index (Phi) is 3.53. The van der Waals surface area contributed by atoms with Crippen LogP contribution in [0.1, 0.15) is 40.5 Å². The minimum atomic E-state index is -0.375. The summed E-state index contributed by atoms with van der Waals surface area (Å²) in [4.78, 5) is 11.7. The number of ether oxygens (including phenoxy) is 1. The fourth-order valence-electron chi connectivity index (χ4n) is 1.84. The normalized spacial score (nSPS) is 27.7. The number of esters is 1. The third kappa shape index (κ3) is 2.98. The third-order valence-electron chi connectivity index (χ3n) is 2.54. The molecule has 14 heavy (non-hydrogen) atoms. The van der Waals surface area contributed by atoms with Gasteiger partial charge in [-0.05, 0) is 39.7 Å². The molecular weight excluding hydrogens is 178 g/mol. The number of carbonyl (C=O) groups is 1. The zero-order chi connectivity index (χ0) is 10.8. The quantitative estimate of drug-likeness (QED) is 0.688. The van der Waals surface area contributed by atoms with Gasteiger partial charge in [0.05, 0.1) is 0 Å². The van der Waals surface area contributed by atoms with Crippen LogP contribution in [-0.2, 0) is 9.53 Å². The molecule has 0 spiro atoms. The van der Waals surface area contributed by atoms with Crippen LogP contribution in [0.15, 0.2) is 0 Å². The number of hydrogen-bond donors (Lipinski definition) is 1. The molecular formula is C11H21NO2. The zero-order valence-electron chi connectivity index (χ0n) is 9.59. The highest BCUT2D eigenvalue weighted by molar-refractivity contribution is 5.77. The van der Waals surface area contributed by atoms with E-state index in [1.807, 2.05) is 20.8 Å². The third-order valence-corrected chi connectivity index (χ3v) is 2.54. The van der Waals surface area contributed by atoms with E-state index in [9.17, 15) is 4.79 Å². The number of hydrogen-bond acceptors (Lipinski definition) is 3.